The zero-order chi connectivity index (χ0) is 17.9. The lowest BCUT2D eigenvalue weighted by Crippen LogP contribution is -2.44. The van der Waals surface area contributed by atoms with Crippen LogP contribution in [0, 0.1) is 27.7 Å². The summed E-state index contributed by atoms with van der Waals surface area (Å²) in [6.45, 7) is 9.53. The molecule has 24 heavy (non-hydrogen) atoms. The van der Waals surface area contributed by atoms with Gasteiger partial charge in [-0.05, 0) is 47.1 Å². The number of carbonyl (C=O) groups excluding carboxylic acids is 1. The van der Waals surface area contributed by atoms with Gasteiger partial charge in [0.05, 0.1) is 12.2 Å². The molecule has 2 aromatic heterocycles. The Kier molecular flexibility index (Phi) is 5.33. The first-order chi connectivity index (χ1) is 11.2. The topological polar surface area (TPSA) is 101 Å². The molecular formula is C17H25N3O4. The molecule has 0 saturated heterocycles. The van der Waals surface area contributed by atoms with Crippen LogP contribution in [0.25, 0.3) is 0 Å². The molecule has 0 fully saturated rings. The molecule has 2 aromatic rings. The quantitative estimate of drug-likeness (QED) is 0.752. The summed E-state index contributed by atoms with van der Waals surface area (Å²) in [5.41, 5.74) is 1.33. The van der Waals surface area contributed by atoms with E-state index in [0.717, 1.165) is 22.8 Å². The largest absolute Gasteiger partial charge is 0.466 e. The van der Waals surface area contributed by atoms with Crippen LogP contribution in [0.3, 0.4) is 0 Å². The van der Waals surface area contributed by atoms with Crippen molar-refractivity contribution in [1.82, 2.24) is 15.8 Å². The van der Waals surface area contributed by atoms with Gasteiger partial charge in [0.25, 0.3) is 0 Å². The van der Waals surface area contributed by atoms with E-state index in [4.69, 9.17) is 8.94 Å². The zero-order valence-corrected chi connectivity index (χ0v) is 14.8. The highest BCUT2D eigenvalue weighted by molar-refractivity contribution is 5.73. The lowest BCUT2D eigenvalue weighted by atomic mass is 9.96. The van der Waals surface area contributed by atoms with Gasteiger partial charge in [-0.1, -0.05) is 5.16 Å². The molecule has 0 aliphatic heterocycles. The van der Waals surface area contributed by atoms with Crippen molar-refractivity contribution in [3.63, 3.8) is 0 Å². The van der Waals surface area contributed by atoms with E-state index < -0.39 is 5.60 Å². The number of nitrogens with zero attached hydrogens (tertiary/aromatic N) is 1. The van der Waals surface area contributed by atoms with Gasteiger partial charge in [0, 0.05) is 17.7 Å². The minimum absolute atomic E-state index is 0.0873. The maximum Gasteiger partial charge on any atom is 0.314 e. The molecule has 2 heterocycles. The standard InChI is InChI=1S/C17H25N3O4/c1-10-8-15(13(4)23-10)17(5,22)9-19-16(21)18-7-6-14-11(2)20-24-12(14)3/h8,22H,6-7,9H2,1-5H3,(H2,18,19,21). The third-order valence-corrected chi connectivity index (χ3v) is 4.06. The molecule has 7 nitrogen and oxygen atoms in total. The van der Waals surface area contributed by atoms with Crippen molar-refractivity contribution in [1.29, 1.82) is 0 Å². The Morgan fingerprint density at radius 3 is 2.50 bits per heavy atom. The average molecular weight is 335 g/mol. The summed E-state index contributed by atoms with van der Waals surface area (Å²) in [5, 5.41) is 19.9. The van der Waals surface area contributed by atoms with E-state index in [0.29, 0.717) is 24.3 Å². The van der Waals surface area contributed by atoms with Gasteiger partial charge in [0.1, 0.15) is 22.9 Å². The highest BCUT2D eigenvalue weighted by Gasteiger charge is 2.28. The number of amides is 2. The lowest BCUT2D eigenvalue weighted by Gasteiger charge is -2.23. The van der Waals surface area contributed by atoms with Gasteiger partial charge in [-0.15, -0.1) is 0 Å². The van der Waals surface area contributed by atoms with Crippen molar-refractivity contribution in [2.45, 2.75) is 46.6 Å². The molecule has 0 saturated carbocycles. The van der Waals surface area contributed by atoms with Crippen molar-refractivity contribution in [3.05, 3.63) is 40.2 Å². The first-order valence-electron chi connectivity index (χ1n) is 7.94. The second-order valence-electron chi connectivity index (χ2n) is 6.26. The molecule has 0 aromatic carbocycles. The average Bonchev–Trinajstić information content (AvgIpc) is 3.01. The van der Waals surface area contributed by atoms with Gasteiger partial charge in [-0.2, -0.15) is 0 Å². The van der Waals surface area contributed by atoms with Crippen LogP contribution in [0.4, 0.5) is 4.79 Å². The molecule has 1 atom stereocenters. The van der Waals surface area contributed by atoms with E-state index in [-0.39, 0.29) is 12.6 Å². The summed E-state index contributed by atoms with van der Waals surface area (Å²) in [6, 6.07) is 1.45. The first-order valence-corrected chi connectivity index (χ1v) is 7.94. The third-order valence-electron chi connectivity index (χ3n) is 4.06. The van der Waals surface area contributed by atoms with Crippen LogP contribution in [0.15, 0.2) is 15.0 Å². The van der Waals surface area contributed by atoms with E-state index in [1.807, 2.05) is 20.8 Å². The van der Waals surface area contributed by atoms with E-state index in [1.165, 1.54) is 0 Å². The predicted octanol–water partition coefficient (Wildman–Crippen LogP) is 2.25. The Labute approximate surface area is 141 Å². The molecule has 3 N–H and O–H groups in total. The van der Waals surface area contributed by atoms with Crippen LogP contribution in [-0.2, 0) is 12.0 Å². The normalized spacial score (nSPS) is 13.6. The predicted molar refractivity (Wildman–Crippen MR) is 88.8 cm³/mol. The molecule has 0 bridgehead atoms. The van der Waals surface area contributed by atoms with Crippen molar-refractivity contribution in [2.75, 3.05) is 13.1 Å². The molecule has 2 amide bonds. The van der Waals surface area contributed by atoms with Crippen molar-refractivity contribution in [3.8, 4) is 0 Å². The van der Waals surface area contributed by atoms with Gasteiger partial charge in [0.15, 0.2) is 0 Å². The second-order valence-corrected chi connectivity index (χ2v) is 6.26. The number of aromatic nitrogens is 1. The molecule has 0 aliphatic rings. The fourth-order valence-corrected chi connectivity index (χ4v) is 2.74. The van der Waals surface area contributed by atoms with Crippen molar-refractivity contribution < 1.29 is 18.8 Å². The third kappa shape index (κ3) is 4.17. The Morgan fingerprint density at radius 2 is 1.96 bits per heavy atom. The van der Waals surface area contributed by atoms with Crippen molar-refractivity contribution in [2.24, 2.45) is 0 Å². The number of aryl methyl sites for hydroxylation is 4. The van der Waals surface area contributed by atoms with E-state index >= 15 is 0 Å². The summed E-state index contributed by atoms with van der Waals surface area (Å²) in [6.07, 6.45) is 0.644. The molecule has 0 spiro atoms. The van der Waals surface area contributed by atoms with Gasteiger partial charge in [-0.25, -0.2) is 4.79 Å². The van der Waals surface area contributed by atoms with Crippen molar-refractivity contribution >= 4 is 6.03 Å². The van der Waals surface area contributed by atoms with Crippen LogP contribution < -0.4 is 10.6 Å². The molecule has 132 valence electrons. The second kappa shape index (κ2) is 7.09. The van der Waals surface area contributed by atoms with Crippen LogP contribution in [-0.4, -0.2) is 29.4 Å². The molecule has 7 heteroatoms. The van der Waals surface area contributed by atoms with Gasteiger partial charge >= 0.3 is 6.03 Å². The number of furan rings is 1. The van der Waals surface area contributed by atoms with Crippen LogP contribution >= 0.6 is 0 Å². The fraction of sp³-hybridized carbons (Fsp3) is 0.529. The minimum atomic E-state index is -1.19. The number of hydrogen-bond donors (Lipinski definition) is 3. The Bertz CT molecular complexity index is 696. The SMILES string of the molecule is Cc1cc(C(C)(O)CNC(=O)NCCc2c(C)noc2C)c(C)o1. The minimum Gasteiger partial charge on any atom is -0.466 e. The number of aliphatic hydroxyl groups is 1. The molecular weight excluding hydrogens is 310 g/mol. The van der Waals surface area contributed by atoms with Gasteiger partial charge in [-0.3, -0.25) is 0 Å². The number of urea groups is 1. The highest BCUT2D eigenvalue weighted by atomic mass is 16.5. The molecule has 1 unspecified atom stereocenters. The fourth-order valence-electron chi connectivity index (χ4n) is 2.74. The number of rotatable bonds is 6. The maximum absolute atomic E-state index is 11.9. The lowest BCUT2D eigenvalue weighted by molar-refractivity contribution is 0.0579. The smallest absolute Gasteiger partial charge is 0.314 e. The number of nitrogens with one attached hydrogen (secondary N) is 2. The summed E-state index contributed by atoms with van der Waals surface area (Å²) >= 11 is 0. The Morgan fingerprint density at radius 1 is 1.25 bits per heavy atom. The Balaban J connectivity index is 1.81. The van der Waals surface area contributed by atoms with Crippen LogP contribution in [0.1, 0.15) is 41.0 Å². The highest BCUT2D eigenvalue weighted by Crippen LogP contribution is 2.26. The number of carbonyl (C=O) groups is 1. The zero-order valence-electron chi connectivity index (χ0n) is 14.8. The monoisotopic (exact) mass is 335 g/mol. The number of hydrogen-bond acceptors (Lipinski definition) is 5. The summed E-state index contributed by atoms with van der Waals surface area (Å²) in [5.74, 6) is 2.15. The summed E-state index contributed by atoms with van der Waals surface area (Å²) in [4.78, 5) is 11.9. The van der Waals surface area contributed by atoms with E-state index in [2.05, 4.69) is 15.8 Å². The molecule has 0 radical (unpaired) electrons. The maximum atomic E-state index is 11.9. The van der Waals surface area contributed by atoms with Gasteiger partial charge in [0.2, 0.25) is 0 Å². The summed E-state index contributed by atoms with van der Waals surface area (Å²) in [7, 11) is 0. The molecule has 2 rings (SSSR count). The van der Waals surface area contributed by atoms with Crippen LogP contribution in [0.5, 0.6) is 0 Å². The Hall–Kier alpha value is -2.28. The van der Waals surface area contributed by atoms with E-state index in [1.54, 1.807) is 19.9 Å². The summed E-state index contributed by atoms with van der Waals surface area (Å²) < 4.78 is 10.5. The molecule has 0 aliphatic carbocycles. The van der Waals surface area contributed by atoms with Crippen LogP contribution in [0.2, 0.25) is 0 Å². The van der Waals surface area contributed by atoms with Gasteiger partial charge < -0.3 is 24.7 Å². The first kappa shape index (κ1) is 18.1. The van der Waals surface area contributed by atoms with E-state index in [9.17, 15) is 9.90 Å².